The van der Waals surface area contributed by atoms with E-state index in [0.717, 1.165) is 10.0 Å². The highest BCUT2D eigenvalue weighted by molar-refractivity contribution is 9.10. The molecule has 0 aliphatic carbocycles. The third-order valence-electron chi connectivity index (χ3n) is 2.47. The zero-order chi connectivity index (χ0) is 13.8. The maximum Gasteiger partial charge on any atom is 0.274 e. The molecule has 0 atom stereocenters. The molecule has 0 saturated carbocycles. The van der Waals surface area contributed by atoms with Gasteiger partial charge in [-0.2, -0.15) is 0 Å². The van der Waals surface area contributed by atoms with Gasteiger partial charge in [0.1, 0.15) is 5.69 Å². The highest BCUT2D eigenvalue weighted by Gasteiger charge is 2.03. The molecular weight excluding hydrogens is 310 g/mol. The summed E-state index contributed by atoms with van der Waals surface area (Å²) in [5.74, 6) is 0. The summed E-state index contributed by atoms with van der Waals surface area (Å²) in [6.45, 7) is -0.310. The second kappa shape index (κ2) is 5.81. The van der Waals surface area contributed by atoms with Gasteiger partial charge in [-0.05, 0) is 23.8 Å². The van der Waals surface area contributed by atoms with Gasteiger partial charge < -0.3 is 15.8 Å². The van der Waals surface area contributed by atoms with E-state index in [4.69, 9.17) is 10.8 Å². The average Bonchev–Trinajstić information content (AvgIpc) is 2.41. The standard InChI is InChI=1S/C13H12BrN3O2/c14-9-3-1-8(2-4-9)12-6-16-11(13(19)17-12)5-10(15)7-18/h1-6,18H,7,15H2,(H,17,19)/b10-5-. The molecule has 0 fully saturated rings. The molecule has 1 aromatic heterocycles. The number of nitrogens with two attached hydrogens (primary N) is 1. The number of nitrogens with one attached hydrogen (secondary N) is 1. The number of aromatic nitrogens is 2. The lowest BCUT2D eigenvalue weighted by atomic mass is 10.1. The van der Waals surface area contributed by atoms with Crippen molar-refractivity contribution in [3.05, 3.63) is 56.7 Å². The van der Waals surface area contributed by atoms with E-state index < -0.39 is 0 Å². The van der Waals surface area contributed by atoms with E-state index in [-0.39, 0.29) is 23.6 Å². The number of hydrogen-bond donors (Lipinski definition) is 3. The number of aliphatic hydroxyl groups excluding tert-OH is 1. The molecule has 0 bridgehead atoms. The first-order valence-corrected chi connectivity index (χ1v) is 6.31. The van der Waals surface area contributed by atoms with Crippen molar-refractivity contribution in [3.63, 3.8) is 0 Å². The van der Waals surface area contributed by atoms with E-state index in [1.807, 2.05) is 24.3 Å². The van der Waals surface area contributed by atoms with Crippen LogP contribution in [-0.4, -0.2) is 21.7 Å². The van der Waals surface area contributed by atoms with Crippen molar-refractivity contribution in [3.8, 4) is 11.3 Å². The van der Waals surface area contributed by atoms with Crippen LogP contribution in [0.15, 0.2) is 45.4 Å². The molecule has 6 heteroatoms. The second-order valence-electron chi connectivity index (χ2n) is 3.90. The second-order valence-corrected chi connectivity index (χ2v) is 4.81. The number of aliphatic hydroxyl groups is 1. The van der Waals surface area contributed by atoms with Gasteiger partial charge in [-0.25, -0.2) is 4.98 Å². The Balaban J connectivity index is 2.39. The van der Waals surface area contributed by atoms with E-state index in [1.165, 1.54) is 6.08 Å². The van der Waals surface area contributed by atoms with Gasteiger partial charge in [0.15, 0.2) is 0 Å². The van der Waals surface area contributed by atoms with Crippen LogP contribution >= 0.6 is 15.9 Å². The van der Waals surface area contributed by atoms with Gasteiger partial charge in [-0.1, -0.05) is 28.1 Å². The van der Waals surface area contributed by atoms with Crippen molar-refractivity contribution >= 4 is 22.0 Å². The van der Waals surface area contributed by atoms with Gasteiger partial charge in [-0.3, -0.25) is 4.79 Å². The molecule has 0 aliphatic rings. The van der Waals surface area contributed by atoms with Gasteiger partial charge in [-0.15, -0.1) is 0 Å². The molecule has 0 amide bonds. The Morgan fingerprint density at radius 3 is 2.68 bits per heavy atom. The van der Waals surface area contributed by atoms with Gasteiger partial charge in [0.05, 0.1) is 18.5 Å². The van der Waals surface area contributed by atoms with Crippen molar-refractivity contribution in [2.75, 3.05) is 6.61 Å². The van der Waals surface area contributed by atoms with E-state index in [9.17, 15) is 4.79 Å². The molecule has 0 unspecified atom stereocenters. The number of halogens is 1. The fraction of sp³-hybridized carbons (Fsp3) is 0.0769. The van der Waals surface area contributed by atoms with E-state index in [0.29, 0.717) is 5.69 Å². The minimum absolute atomic E-state index is 0.174. The normalized spacial score (nSPS) is 11.6. The zero-order valence-electron chi connectivity index (χ0n) is 9.93. The fourth-order valence-electron chi connectivity index (χ4n) is 1.51. The maximum atomic E-state index is 11.8. The van der Waals surface area contributed by atoms with Crippen LogP contribution in [-0.2, 0) is 0 Å². The van der Waals surface area contributed by atoms with Crippen LogP contribution < -0.4 is 11.3 Å². The Bertz CT molecular complexity index is 662. The molecule has 0 radical (unpaired) electrons. The smallest absolute Gasteiger partial charge is 0.274 e. The van der Waals surface area contributed by atoms with Crippen molar-refractivity contribution in [1.82, 2.24) is 9.97 Å². The summed E-state index contributed by atoms with van der Waals surface area (Å²) in [4.78, 5) is 18.6. The largest absolute Gasteiger partial charge is 0.400 e. The first-order chi connectivity index (χ1) is 9.10. The number of H-pyrrole nitrogens is 1. The Labute approximate surface area is 117 Å². The van der Waals surface area contributed by atoms with E-state index in [2.05, 4.69) is 25.9 Å². The lowest BCUT2D eigenvalue weighted by Crippen LogP contribution is -2.14. The van der Waals surface area contributed by atoms with Gasteiger partial charge in [0.25, 0.3) is 5.56 Å². The molecule has 0 aliphatic heterocycles. The van der Waals surface area contributed by atoms with E-state index in [1.54, 1.807) is 6.20 Å². The lowest BCUT2D eigenvalue weighted by Gasteiger charge is -2.02. The molecule has 2 aromatic rings. The molecule has 0 spiro atoms. The molecular formula is C13H12BrN3O2. The lowest BCUT2D eigenvalue weighted by molar-refractivity contribution is 0.331. The maximum absolute atomic E-state index is 11.8. The van der Waals surface area contributed by atoms with Crippen LogP contribution in [0.2, 0.25) is 0 Å². The van der Waals surface area contributed by atoms with Crippen LogP contribution in [0, 0.1) is 0 Å². The summed E-state index contributed by atoms with van der Waals surface area (Å²) in [5, 5.41) is 8.81. The summed E-state index contributed by atoms with van der Waals surface area (Å²) >= 11 is 3.35. The molecule has 19 heavy (non-hydrogen) atoms. The Morgan fingerprint density at radius 2 is 2.11 bits per heavy atom. The van der Waals surface area contributed by atoms with Gasteiger partial charge >= 0.3 is 0 Å². The minimum Gasteiger partial charge on any atom is -0.400 e. The average molecular weight is 322 g/mol. The molecule has 0 saturated heterocycles. The summed E-state index contributed by atoms with van der Waals surface area (Å²) in [6, 6.07) is 7.50. The SMILES string of the molecule is N/C(=C\c1ncc(-c2ccc(Br)cc2)[nH]c1=O)CO. The van der Waals surface area contributed by atoms with Crippen molar-refractivity contribution in [2.24, 2.45) is 5.73 Å². The summed E-state index contributed by atoms with van der Waals surface area (Å²) < 4.78 is 0.960. The van der Waals surface area contributed by atoms with Gasteiger partial charge in [0.2, 0.25) is 0 Å². The number of hydrogen-bond acceptors (Lipinski definition) is 4. The minimum atomic E-state index is -0.350. The Kier molecular flexibility index (Phi) is 4.13. The third kappa shape index (κ3) is 3.30. The number of aromatic amines is 1. The number of nitrogens with zero attached hydrogens (tertiary/aromatic N) is 1. The van der Waals surface area contributed by atoms with Crippen LogP contribution in [0.1, 0.15) is 5.69 Å². The van der Waals surface area contributed by atoms with Crippen molar-refractivity contribution in [1.29, 1.82) is 0 Å². The number of rotatable bonds is 3. The predicted molar refractivity (Wildman–Crippen MR) is 77.2 cm³/mol. The van der Waals surface area contributed by atoms with Crippen molar-refractivity contribution < 1.29 is 5.11 Å². The van der Waals surface area contributed by atoms with Crippen LogP contribution in [0.4, 0.5) is 0 Å². The van der Waals surface area contributed by atoms with Gasteiger partial charge in [0, 0.05) is 10.2 Å². The fourth-order valence-corrected chi connectivity index (χ4v) is 1.78. The molecule has 1 aromatic carbocycles. The Morgan fingerprint density at radius 1 is 1.42 bits per heavy atom. The molecule has 98 valence electrons. The first kappa shape index (κ1) is 13.5. The highest BCUT2D eigenvalue weighted by Crippen LogP contribution is 2.18. The molecule has 5 nitrogen and oxygen atoms in total. The summed E-state index contributed by atoms with van der Waals surface area (Å²) in [7, 11) is 0. The first-order valence-electron chi connectivity index (χ1n) is 5.52. The Hall–Kier alpha value is -1.92. The third-order valence-corrected chi connectivity index (χ3v) is 3.00. The molecule has 4 N–H and O–H groups in total. The highest BCUT2D eigenvalue weighted by atomic mass is 79.9. The van der Waals surface area contributed by atoms with Crippen LogP contribution in [0.5, 0.6) is 0 Å². The number of benzene rings is 1. The van der Waals surface area contributed by atoms with Crippen LogP contribution in [0.25, 0.3) is 17.3 Å². The summed E-state index contributed by atoms with van der Waals surface area (Å²) in [6.07, 6.45) is 2.91. The van der Waals surface area contributed by atoms with Crippen LogP contribution in [0.3, 0.4) is 0 Å². The van der Waals surface area contributed by atoms with Crippen molar-refractivity contribution in [2.45, 2.75) is 0 Å². The van der Waals surface area contributed by atoms with E-state index >= 15 is 0 Å². The quantitative estimate of drug-likeness (QED) is 0.798. The molecule has 1 heterocycles. The topological polar surface area (TPSA) is 92.0 Å². The monoisotopic (exact) mass is 321 g/mol. The molecule has 2 rings (SSSR count). The predicted octanol–water partition coefficient (Wildman–Crippen LogP) is 1.49. The summed E-state index contributed by atoms with van der Waals surface area (Å²) in [5.41, 5.74) is 6.95. The zero-order valence-corrected chi connectivity index (χ0v) is 11.5.